The van der Waals surface area contributed by atoms with E-state index in [-0.39, 0.29) is 0 Å². The number of benzene rings is 1. The van der Waals surface area contributed by atoms with Crippen LogP contribution >= 0.6 is 0 Å². The van der Waals surface area contributed by atoms with Crippen molar-refractivity contribution in [2.75, 3.05) is 31.6 Å². The Kier molecular flexibility index (Phi) is 6.64. The molecule has 0 spiro atoms. The maximum Gasteiger partial charge on any atom is 0.191 e. The van der Waals surface area contributed by atoms with Crippen LogP contribution in [0, 0.1) is 0 Å². The highest BCUT2D eigenvalue weighted by atomic mass is 15.3. The molecule has 1 saturated heterocycles. The van der Waals surface area contributed by atoms with Gasteiger partial charge in [-0.05, 0) is 37.8 Å². The standard InChI is InChI=1S/C22H33N7/c1-23-22(25-18-13-16-28(17-18)19-9-4-2-5-10-19)24-14-8-12-21-27-26-20-11-6-3-7-15-29(20)21/h2,4-5,9-10,18H,3,6-8,11-17H2,1H3,(H2,23,24,25). The molecule has 2 aromatic rings. The molecule has 2 N–H and O–H groups in total. The molecule has 1 aromatic heterocycles. The summed E-state index contributed by atoms with van der Waals surface area (Å²) in [6.07, 6.45) is 7.97. The second kappa shape index (κ2) is 9.76. The molecule has 0 saturated carbocycles. The van der Waals surface area contributed by atoms with Crippen LogP contribution in [0.5, 0.6) is 0 Å². The third kappa shape index (κ3) is 5.08. The van der Waals surface area contributed by atoms with E-state index in [1.807, 2.05) is 7.05 Å². The maximum atomic E-state index is 4.43. The molecule has 1 fully saturated rings. The minimum atomic E-state index is 0.425. The lowest BCUT2D eigenvalue weighted by atomic mass is 10.2. The molecule has 156 valence electrons. The lowest BCUT2D eigenvalue weighted by Gasteiger charge is -2.20. The van der Waals surface area contributed by atoms with Crippen LogP contribution in [0.3, 0.4) is 0 Å². The number of nitrogens with one attached hydrogen (secondary N) is 2. The summed E-state index contributed by atoms with van der Waals surface area (Å²) in [5.41, 5.74) is 1.30. The largest absolute Gasteiger partial charge is 0.369 e. The number of hydrogen-bond acceptors (Lipinski definition) is 4. The molecule has 0 bridgehead atoms. The molecule has 2 aliphatic heterocycles. The van der Waals surface area contributed by atoms with Crippen LogP contribution < -0.4 is 15.5 Å². The maximum absolute atomic E-state index is 4.43. The molecule has 4 rings (SSSR count). The quantitative estimate of drug-likeness (QED) is 0.446. The highest BCUT2D eigenvalue weighted by Crippen LogP contribution is 2.19. The monoisotopic (exact) mass is 395 g/mol. The summed E-state index contributed by atoms with van der Waals surface area (Å²) < 4.78 is 2.34. The van der Waals surface area contributed by atoms with Crippen LogP contribution in [0.1, 0.15) is 43.8 Å². The number of guanidine groups is 1. The van der Waals surface area contributed by atoms with E-state index < -0.39 is 0 Å². The predicted octanol–water partition coefficient (Wildman–Crippen LogP) is 2.38. The van der Waals surface area contributed by atoms with Crippen LogP contribution in [0.4, 0.5) is 5.69 Å². The molecule has 3 heterocycles. The smallest absolute Gasteiger partial charge is 0.191 e. The fraction of sp³-hybridized carbons (Fsp3) is 0.591. The number of anilines is 1. The van der Waals surface area contributed by atoms with E-state index >= 15 is 0 Å². The van der Waals surface area contributed by atoms with Crippen molar-refractivity contribution >= 4 is 11.6 Å². The van der Waals surface area contributed by atoms with Crippen molar-refractivity contribution < 1.29 is 0 Å². The van der Waals surface area contributed by atoms with Crippen molar-refractivity contribution in [1.29, 1.82) is 0 Å². The molecule has 7 heteroatoms. The van der Waals surface area contributed by atoms with Gasteiger partial charge >= 0.3 is 0 Å². The summed E-state index contributed by atoms with van der Waals surface area (Å²) in [7, 11) is 1.84. The predicted molar refractivity (Wildman–Crippen MR) is 117 cm³/mol. The number of para-hydroxylation sites is 1. The zero-order valence-corrected chi connectivity index (χ0v) is 17.5. The van der Waals surface area contributed by atoms with Gasteiger partial charge in [0.1, 0.15) is 11.6 Å². The van der Waals surface area contributed by atoms with Gasteiger partial charge in [-0.1, -0.05) is 24.6 Å². The molecule has 7 nitrogen and oxygen atoms in total. The molecule has 1 atom stereocenters. The van der Waals surface area contributed by atoms with Gasteiger partial charge in [-0.2, -0.15) is 0 Å². The van der Waals surface area contributed by atoms with Gasteiger partial charge < -0.3 is 20.1 Å². The lowest BCUT2D eigenvalue weighted by Crippen LogP contribution is -2.44. The Morgan fingerprint density at radius 1 is 1.14 bits per heavy atom. The van der Waals surface area contributed by atoms with E-state index in [0.29, 0.717) is 6.04 Å². The average Bonchev–Trinajstić information content (AvgIpc) is 3.31. The number of aromatic nitrogens is 3. The van der Waals surface area contributed by atoms with E-state index in [2.05, 4.69) is 65.6 Å². The number of fused-ring (bicyclic) bond motifs is 1. The zero-order valence-electron chi connectivity index (χ0n) is 17.5. The van der Waals surface area contributed by atoms with Gasteiger partial charge in [0.25, 0.3) is 0 Å². The summed E-state index contributed by atoms with van der Waals surface area (Å²) in [6.45, 7) is 4.05. The second-order valence-corrected chi connectivity index (χ2v) is 8.01. The minimum Gasteiger partial charge on any atom is -0.369 e. The summed E-state index contributed by atoms with van der Waals surface area (Å²) in [4.78, 5) is 6.84. The molecular weight excluding hydrogens is 362 g/mol. The van der Waals surface area contributed by atoms with Gasteiger partial charge in [-0.25, -0.2) is 0 Å². The summed E-state index contributed by atoms with van der Waals surface area (Å²) in [5.74, 6) is 3.21. The van der Waals surface area contributed by atoms with Crippen LogP contribution in [0.15, 0.2) is 35.3 Å². The van der Waals surface area contributed by atoms with Gasteiger partial charge in [-0.3, -0.25) is 4.99 Å². The first-order valence-electron chi connectivity index (χ1n) is 11.0. The van der Waals surface area contributed by atoms with Gasteiger partial charge in [-0.15, -0.1) is 10.2 Å². The topological polar surface area (TPSA) is 70.4 Å². The number of aryl methyl sites for hydroxylation is 2. The van der Waals surface area contributed by atoms with Crippen molar-refractivity contribution in [1.82, 2.24) is 25.4 Å². The Morgan fingerprint density at radius 2 is 2.03 bits per heavy atom. The van der Waals surface area contributed by atoms with Crippen molar-refractivity contribution in [3.63, 3.8) is 0 Å². The normalized spacial score (nSPS) is 19.7. The van der Waals surface area contributed by atoms with Crippen molar-refractivity contribution in [3.8, 4) is 0 Å². The highest BCUT2D eigenvalue weighted by molar-refractivity contribution is 5.80. The van der Waals surface area contributed by atoms with E-state index in [9.17, 15) is 0 Å². The molecule has 0 radical (unpaired) electrons. The first kappa shape index (κ1) is 19.7. The molecular formula is C22H33N7. The summed E-state index contributed by atoms with van der Waals surface area (Å²) in [6, 6.07) is 11.1. The average molecular weight is 396 g/mol. The van der Waals surface area contributed by atoms with Crippen molar-refractivity contribution in [2.45, 2.75) is 57.5 Å². The highest BCUT2D eigenvalue weighted by Gasteiger charge is 2.23. The van der Waals surface area contributed by atoms with Crippen LogP contribution in [0.2, 0.25) is 0 Å². The van der Waals surface area contributed by atoms with Gasteiger partial charge in [0.15, 0.2) is 5.96 Å². The van der Waals surface area contributed by atoms with E-state index in [4.69, 9.17) is 0 Å². The minimum absolute atomic E-state index is 0.425. The van der Waals surface area contributed by atoms with E-state index in [0.717, 1.165) is 63.6 Å². The molecule has 0 aliphatic carbocycles. The van der Waals surface area contributed by atoms with Crippen LogP contribution in [-0.2, 0) is 19.4 Å². The second-order valence-electron chi connectivity index (χ2n) is 8.01. The number of aliphatic imine (C=N–C) groups is 1. The van der Waals surface area contributed by atoms with Gasteiger partial charge in [0, 0.05) is 57.8 Å². The molecule has 29 heavy (non-hydrogen) atoms. The summed E-state index contributed by atoms with van der Waals surface area (Å²) >= 11 is 0. The van der Waals surface area contributed by atoms with Crippen molar-refractivity contribution in [3.05, 3.63) is 42.0 Å². The Morgan fingerprint density at radius 3 is 2.90 bits per heavy atom. The zero-order chi connectivity index (χ0) is 19.9. The fourth-order valence-corrected chi connectivity index (χ4v) is 4.32. The van der Waals surface area contributed by atoms with E-state index in [1.54, 1.807) is 0 Å². The van der Waals surface area contributed by atoms with Crippen LogP contribution in [0.25, 0.3) is 0 Å². The number of nitrogens with zero attached hydrogens (tertiary/aromatic N) is 5. The first-order valence-corrected chi connectivity index (χ1v) is 11.0. The Hall–Kier alpha value is -2.57. The first-order chi connectivity index (χ1) is 14.3. The van der Waals surface area contributed by atoms with Gasteiger partial charge in [0.2, 0.25) is 0 Å². The lowest BCUT2D eigenvalue weighted by molar-refractivity contribution is 0.591. The molecule has 1 unspecified atom stereocenters. The number of rotatable bonds is 6. The van der Waals surface area contributed by atoms with Gasteiger partial charge in [0.05, 0.1) is 0 Å². The Bertz CT molecular complexity index is 799. The van der Waals surface area contributed by atoms with Crippen LogP contribution in [-0.4, -0.2) is 53.4 Å². The number of hydrogen-bond donors (Lipinski definition) is 2. The third-order valence-electron chi connectivity index (χ3n) is 5.93. The fourth-order valence-electron chi connectivity index (χ4n) is 4.32. The molecule has 1 aromatic carbocycles. The van der Waals surface area contributed by atoms with Crippen molar-refractivity contribution in [2.24, 2.45) is 4.99 Å². The summed E-state index contributed by atoms with van der Waals surface area (Å²) in [5, 5.41) is 15.9. The molecule has 0 amide bonds. The third-order valence-corrected chi connectivity index (χ3v) is 5.93. The van der Waals surface area contributed by atoms with E-state index in [1.165, 1.54) is 30.8 Å². The SMILES string of the molecule is CN=C(NCCCc1nnc2n1CCCCC2)NC1CCN(c2ccccc2)C1. The Balaban J connectivity index is 1.20. The molecule has 2 aliphatic rings. The Labute approximate surface area is 173 Å².